The maximum atomic E-state index is 12.4. The lowest BCUT2D eigenvalue weighted by Gasteiger charge is -2.60. The minimum absolute atomic E-state index is 0.0480. The standard InChI is InChI=1S/C31H48O6/c1-18(2)9-8-13-30(6,35)28-26(36-19(3)32)16-25-23-11-10-21-15-22(34)12-14-29(21,5)24(23)17-27(31(25,28)7)37-20(4)33/h12,14-15,18-19,23-28,32,35H,8-11,13,16-17H2,1-7H3. The van der Waals surface area contributed by atoms with E-state index in [1.165, 1.54) is 12.5 Å². The molecule has 4 rings (SSSR count). The quantitative estimate of drug-likeness (QED) is 0.333. The molecule has 6 heteroatoms. The number of carbonyl (C=O) groups excluding carboxylic acids is 2. The van der Waals surface area contributed by atoms with Crippen molar-refractivity contribution in [3.63, 3.8) is 0 Å². The van der Waals surface area contributed by atoms with E-state index >= 15 is 0 Å². The van der Waals surface area contributed by atoms with Crippen molar-refractivity contribution in [1.82, 2.24) is 0 Å². The minimum atomic E-state index is -1.04. The second-order valence-electron chi connectivity index (χ2n) is 13.4. The van der Waals surface area contributed by atoms with Crippen LogP contribution in [0.1, 0.15) is 93.4 Å². The molecule has 10 atom stereocenters. The Morgan fingerprint density at radius 3 is 2.54 bits per heavy atom. The molecule has 0 bridgehead atoms. The molecule has 2 N–H and O–H groups in total. The first-order chi connectivity index (χ1) is 17.2. The molecule has 4 aliphatic carbocycles. The largest absolute Gasteiger partial charge is 0.462 e. The summed E-state index contributed by atoms with van der Waals surface area (Å²) in [5.74, 6) is 0.719. The summed E-state index contributed by atoms with van der Waals surface area (Å²) in [6.07, 6.45) is 9.69. The van der Waals surface area contributed by atoms with E-state index in [0.717, 1.165) is 25.7 Å². The molecule has 3 fully saturated rings. The van der Waals surface area contributed by atoms with Gasteiger partial charge in [0.15, 0.2) is 12.1 Å². The average molecular weight is 517 g/mol. The van der Waals surface area contributed by atoms with E-state index in [1.54, 1.807) is 19.1 Å². The van der Waals surface area contributed by atoms with Crippen molar-refractivity contribution < 1.29 is 29.3 Å². The van der Waals surface area contributed by atoms with Gasteiger partial charge in [0.05, 0.1) is 11.7 Å². The van der Waals surface area contributed by atoms with Gasteiger partial charge in [0.1, 0.15) is 6.10 Å². The van der Waals surface area contributed by atoms with Gasteiger partial charge in [-0.3, -0.25) is 9.59 Å². The highest BCUT2D eigenvalue weighted by atomic mass is 16.6. The Balaban J connectivity index is 1.77. The van der Waals surface area contributed by atoms with Crippen molar-refractivity contribution in [2.45, 2.75) is 118 Å². The molecule has 0 radical (unpaired) electrons. The van der Waals surface area contributed by atoms with Crippen LogP contribution in [0.25, 0.3) is 0 Å². The van der Waals surface area contributed by atoms with Crippen LogP contribution in [0.5, 0.6) is 0 Å². The number of aliphatic hydroxyl groups excluding tert-OH is 1. The van der Waals surface area contributed by atoms with E-state index in [4.69, 9.17) is 9.47 Å². The van der Waals surface area contributed by atoms with Crippen LogP contribution < -0.4 is 0 Å². The molecule has 0 heterocycles. The Hall–Kier alpha value is -1.50. The summed E-state index contributed by atoms with van der Waals surface area (Å²) in [5.41, 5.74) is -0.614. The molecule has 37 heavy (non-hydrogen) atoms. The van der Waals surface area contributed by atoms with Gasteiger partial charge in [0, 0.05) is 23.7 Å². The second kappa shape index (κ2) is 10.2. The van der Waals surface area contributed by atoms with Gasteiger partial charge in [0.2, 0.25) is 0 Å². The van der Waals surface area contributed by atoms with Crippen molar-refractivity contribution in [3.05, 3.63) is 23.8 Å². The van der Waals surface area contributed by atoms with Crippen LogP contribution in [-0.4, -0.2) is 46.1 Å². The van der Waals surface area contributed by atoms with Gasteiger partial charge in [-0.15, -0.1) is 0 Å². The summed E-state index contributed by atoms with van der Waals surface area (Å²) in [6, 6.07) is 0. The molecule has 0 saturated heterocycles. The zero-order chi connectivity index (χ0) is 27.3. The Morgan fingerprint density at radius 1 is 1.22 bits per heavy atom. The summed E-state index contributed by atoms with van der Waals surface area (Å²) < 4.78 is 12.3. The van der Waals surface area contributed by atoms with Crippen molar-refractivity contribution >= 4 is 11.8 Å². The monoisotopic (exact) mass is 516 g/mol. The van der Waals surface area contributed by atoms with Crippen molar-refractivity contribution in [1.29, 1.82) is 0 Å². The van der Waals surface area contributed by atoms with Gasteiger partial charge in [-0.25, -0.2) is 0 Å². The lowest BCUT2D eigenvalue weighted by atomic mass is 9.46. The summed E-state index contributed by atoms with van der Waals surface area (Å²) in [7, 11) is 0. The smallest absolute Gasteiger partial charge is 0.302 e. The van der Waals surface area contributed by atoms with Gasteiger partial charge in [0.25, 0.3) is 0 Å². The predicted molar refractivity (Wildman–Crippen MR) is 142 cm³/mol. The molecule has 208 valence electrons. The number of hydrogen-bond donors (Lipinski definition) is 2. The van der Waals surface area contributed by atoms with E-state index in [-0.39, 0.29) is 47.1 Å². The molecule has 0 aromatic heterocycles. The van der Waals surface area contributed by atoms with E-state index < -0.39 is 17.3 Å². The fourth-order valence-corrected chi connectivity index (χ4v) is 9.00. The maximum Gasteiger partial charge on any atom is 0.302 e. The molecule has 0 aromatic carbocycles. The lowest BCUT2D eigenvalue weighted by molar-refractivity contribution is -0.210. The highest BCUT2D eigenvalue weighted by Crippen LogP contribution is 2.68. The van der Waals surface area contributed by atoms with Crippen LogP contribution in [0.15, 0.2) is 23.8 Å². The van der Waals surface area contributed by atoms with Gasteiger partial charge < -0.3 is 19.7 Å². The number of hydrogen-bond acceptors (Lipinski definition) is 6. The van der Waals surface area contributed by atoms with Gasteiger partial charge in [-0.05, 0) is 81.8 Å². The molecule has 6 nitrogen and oxygen atoms in total. The van der Waals surface area contributed by atoms with Crippen molar-refractivity contribution in [3.8, 4) is 0 Å². The molecule has 0 aliphatic heterocycles. The first-order valence-corrected chi connectivity index (χ1v) is 14.4. The SMILES string of the molecule is CC(=O)OC1CC2C(CCC3=CC(=O)C=CC32C)C2CC(OC(C)O)C(C(C)(O)CCCC(C)C)C12C. The van der Waals surface area contributed by atoms with Crippen molar-refractivity contribution in [2.75, 3.05) is 0 Å². The highest BCUT2D eigenvalue weighted by Gasteiger charge is 2.69. The summed E-state index contributed by atoms with van der Waals surface area (Å²) >= 11 is 0. The van der Waals surface area contributed by atoms with E-state index in [2.05, 4.69) is 33.8 Å². The minimum Gasteiger partial charge on any atom is -0.462 e. The molecule has 0 spiro atoms. The molecule has 0 amide bonds. The maximum absolute atomic E-state index is 12.4. The van der Waals surface area contributed by atoms with Crippen LogP contribution in [-0.2, 0) is 19.1 Å². The Labute approximate surface area is 222 Å². The first-order valence-electron chi connectivity index (χ1n) is 14.4. The lowest BCUT2D eigenvalue weighted by Crippen LogP contribution is -2.60. The average Bonchev–Trinajstić information content (AvgIpc) is 3.07. The van der Waals surface area contributed by atoms with Crippen LogP contribution in [0.3, 0.4) is 0 Å². The third-order valence-corrected chi connectivity index (χ3v) is 10.5. The van der Waals surface area contributed by atoms with Gasteiger partial charge in [-0.1, -0.05) is 52.2 Å². The summed E-state index contributed by atoms with van der Waals surface area (Å²) in [4.78, 5) is 24.6. The molecular formula is C31H48O6. The molecular weight excluding hydrogens is 468 g/mol. The third-order valence-electron chi connectivity index (χ3n) is 10.5. The number of allylic oxidation sites excluding steroid dienone is 4. The van der Waals surface area contributed by atoms with Crippen LogP contribution >= 0.6 is 0 Å². The normalized spacial score (nSPS) is 41.4. The number of ketones is 1. The zero-order valence-electron chi connectivity index (χ0n) is 23.8. The number of fused-ring (bicyclic) bond motifs is 5. The van der Waals surface area contributed by atoms with Crippen molar-refractivity contribution in [2.24, 2.45) is 40.4 Å². The second-order valence-corrected chi connectivity index (χ2v) is 13.4. The summed E-state index contributed by atoms with van der Waals surface area (Å²) in [6.45, 7) is 13.8. The molecule has 3 saturated carbocycles. The zero-order valence-corrected chi connectivity index (χ0v) is 23.8. The molecule has 4 aliphatic rings. The van der Waals surface area contributed by atoms with Gasteiger partial charge >= 0.3 is 5.97 Å². The number of aliphatic hydroxyl groups is 2. The first kappa shape index (κ1) is 28.5. The van der Waals surface area contributed by atoms with Crippen LogP contribution in [0.2, 0.25) is 0 Å². The summed E-state index contributed by atoms with van der Waals surface area (Å²) in [5, 5.41) is 22.4. The predicted octanol–water partition coefficient (Wildman–Crippen LogP) is 5.36. The number of carbonyl (C=O) groups is 2. The van der Waals surface area contributed by atoms with E-state index in [0.29, 0.717) is 31.1 Å². The van der Waals surface area contributed by atoms with E-state index in [1.807, 2.05) is 6.92 Å². The number of esters is 1. The number of ether oxygens (including phenoxy) is 2. The Bertz CT molecular complexity index is 947. The number of rotatable bonds is 8. The fourth-order valence-electron chi connectivity index (χ4n) is 9.00. The highest BCUT2D eigenvalue weighted by molar-refractivity contribution is 6.01. The van der Waals surface area contributed by atoms with Gasteiger partial charge in [-0.2, -0.15) is 0 Å². The van der Waals surface area contributed by atoms with Crippen LogP contribution in [0.4, 0.5) is 0 Å². The Kier molecular flexibility index (Phi) is 7.89. The fraction of sp³-hybridized carbons (Fsp3) is 0.806. The topological polar surface area (TPSA) is 93.1 Å². The Morgan fingerprint density at radius 2 is 1.92 bits per heavy atom. The van der Waals surface area contributed by atoms with Crippen LogP contribution in [0, 0.1) is 40.4 Å². The molecule has 10 unspecified atom stereocenters. The van der Waals surface area contributed by atoms with E-state index in [9.17, 15) is 19.8 Å². The molecule has 0 aromatic rings. The third kappa shape index (κ3) is 5.10.